The second kappa shape index (κ2) is 7.14. The molecule has 3 rings (SSSR count). The molecule has 0 spiro atoms. The molecule has 0 aliphatic heterocycles. The molecule has 0 fully saturated rings. The molecule has 0 aliphatic rings. The Morgan fingerprint density at radius 3 is 2.57 bits per heavy atom. The molecule has 0 bridgehead atoms. The van der Waals surface area contributed by atoms with Gasteiger partial charge in [0, 0.05) is 5.54 Å². The number of aromatic nitrogens is 3. The van der Waals surface area contributed by atoms with Gasteiger partial charge < -0.3 is 5.11 Å². The molecule has 6 nitrogen and oxygen atoms in total. The highest BCUT2D eigenvalue weighted by molar-refractivity contribution is 6.29. The number of rotatable bonds is 4. The summed E-state index contributed by atoms with van der Waals surface area (Å²) in [5, 5.41) is 13.7. The Kier molecular flexibility index (Phi) is 5.16. The van der Waals surface area contributed by atoms with Gasteiger partial charge in [-0.3, -0.25) is 14.7 Å². The maximum absolute atomic E-state index is 13.5. The Bertz CT molecular complexity index is 1040. The molecule has 1 unspecified atom stereocenters. The van der Waals surface area contributed by atoms with Crippen LogP contribution in [0.25, 0.3) is 11.2 Å². The predicted octanol–water partition coefficient (Wildman–Crippen LogP) is 4.22. The lowest BCUT2D eigenvalue weighted by Crippen LogP contribution is -2.31. The molecule has 0 radical (unpaired) electrons. The molecule has 28 heavy (non-hydrogen) atoms. The first-order valence-corrected chi connectivity index (χ1v) is 9.19. The summed E-state index contributed by atoms with van der Waals surface area (Å²) < 4.78 is 15.3. The first kappa shape index (κ1) is 20.2. The number of halogens is 2. The minimum absolute atomic E-state index is 0.266. The summed E-state index contributed by atoms with van der Waals surface area (Å²) in [6, 6.07) is 8.92. The minimum Gasteiger partial charge on any atom is -0.385 e. The second-order valence-corrected chi connectivity index (χ2v) is 8.31. The van der Waals surface area contributed by atoms with Crippen molar-refractivity contribution in [3.63, 3.8) is 0 Å². The molecule has 148 valence electrons. The Morgan fingerprint density at radius 2 is 1.93 bits per heavy atom. The number of hydrogen-bond donors (Lipinski definition) is 2. The number of amides is 1. The Morgan fingerprint density at radius 1 is 1.21 bits per heavy atom. The second-order valence-electron chi connectivity index (χ2n) is 7.93. The number of anilines is 1. The fraction of sp³-hybridized carbons (Fsp3) is 0.350. The average Bonchev–Trinajstić information content (AvgIpc) is 2.91. The van der Waals surface area contributed by atoms with Crippen molar-refractivity contribution < 1.29 is 14.3 Å². The van der Waals surface area contributed by atoms with E-state index in [1.165, 1.54) is 25.1 Å². The summed E-state index contributed by atoms with van der Waals surface area (Å²) in [5.41, 5.74) is -0.508. The van der Waals surface area contributed by atoms with Crippen LogP contribution in [-0.4, -0.2) is 25.5 Å². The molecule has 3 aromatic rings. The molecule has 8 heteroatoms. The summed E-state index contributed by atoms with van der Waals surface area (Å²) in [6.45, 7) is 7.33. The van der Waals surface area contributed by atoms with Gasteiger partial charge in [-0.2, -0.15) is 0 Å². The number of nitrogens with one attached hydrogen (secondary N) is 1. The van der Waals surface area contributed by atoms with Crippen LogP contribution in [0.5, 0.6) is 0 Å². The van der Waals surface area contributed by atoms with Gasteiger partial charge in [0.15, 0.2) is 5.65 Å². The van der Waals surface area contributed by atoms with Crippen molar-refractivity contribution >= 4 is 34.6 Å². The van der Waals surface area contributed by atoms with Crippen molar-refractivity contribution in [3.8, 4) is 0 Å². The van der Waals surface area contributed by atoms with Crippen LogP contribution in [0.2, 0.25) is 5.15 Å². The van der Waals surface area contributed by atoms with Crippen LogP contribution < -0.4 is 5.32 Å². The van der Waals surface area contributed by atoms with E-state index in [4.69, 9.17) is 11.6 Å². The summed E-state index contributed by atoms with van der Waals surface area (Å²) in [4.78, 5) is 21.4. The monoisotopic (exact) mass is 404 g/mol. The number of pyridine rings is 1. The number of imidazole rings is 1. The zero-order valence-electron chi connectivity index (χ0n) is 16.1. The van der Waals surface area contributed by atoms with Crippen molar-refractivity contribution in [3.05, 3.63) is 52.9 Å². The van der Waals surface area contributed by atoms with E-state index < -0.39 is 22.9 Å². The van der Waals surface area contributed by atoms with Crippen LogP contribution in [-0.2, 0) is 15.9 Å². The summed E-state index contributed by atoms with van der Waals surface area (Å²) in [5.74, 6) is -0.630. The minimum atomic E-state index is -1.54. The molecular formula is C20H22ClFN4O2. The Hall–Kier alpha value is -2.51. The number of carbonyl (C=O) groups excluding carboxylic acids is 1. The first-order chi connectivity index (χ1) is 13.0. The summed E-state index contributed by atoms with van der Waals surface area (Å²) in [7, 11) is 0. The highest BCUT2D eigenvalue weighted by Gasteiger charge is 2.29. The van der Waals surface area contributed by atoms with E-state index >= 15 is 0 Å². The number of carbonyl (C=O) groups is 1. The summed E-state index contributed by atoms with van der Waals surface area (Å²) in [6.07, 6.45) is -0.266. The van der Waals surface area contributed by atoms with E-state index in [0.29, 0.717) is 27.8 Å². The van der Waals surface area contributed by atoms with Gasteiger partial charge in [0.05, 0.1) is 12.0 Å². The third-order valence-corrected chi connectivity index (χ3v) is 4.55. The van der Waals surface area contributed by atoms with Crippen molar-refractivity contribution in [1.82, 2.24) is 14.5 Å². The highest BCUT2D eigenvalue weighted by atomic mass is 35.5. The quantitative estimate of drug-likeness (QED) is 0.638. The molecule has 1 atom stereocenters. The van der Waals surface area contributed by atoms with Gasteiger partial charge in [-0.25, -0.2) is 14.4 Å². The Labute approximate surface area is 167 Å². The third-order valence-electron chi connectivity index (χ3n) is 4.34. The number of hydrogen-bond acceptors (Lipinski definition) is 4. The average molecular weight is 405 g/mol. The topological polar surface area (TPSA) is 80.0 Å². The van der Waals surface area contributed by atoms with Gasteiger partial charge >= 0.3 is 0 Å². The lowest BCUT2D eigenvalue weighted by atomic mass is 9.92. The fourth-order valence-electron chi connectivity index (χ4n) is 3.06. The zero-order chi connectivity index (χ0) is 20.7. The highest BCUT2D eigenvalue weighted by Crippen LogP contribution is 2.29. The van der Waals surface area contributed by atoms with Crippen LogP contribution in [0.4, 0.5) is 10.3 Å². The van der Waals surface area contributed by atoms with E-state index in [1.54, 1.807) is 22.8 Å². The fourth-order valence-corrected chi connectivity index (χ4v) is 3.20. The van der Waals surface area contributed by atoms with Crippen LogP contribution in [0.15, 0.2) is 36.4 Å². The van der Waals surface area contributed by atoms with Crippen LogP contribution in [0.3, 0.4) is 0 Å². The maximum atomic E-state index is 13.5. The lowest BCUT2D eigenvalue weighted by Gasteiger charge is -2.25. The van der Waals surface area contributed by atoms with Crippen molar-refractivity contribution in [2.24, 2.45) is 0 Å². The van der Waals surface area contributed by atoms with E-state index in [0.717, 1.165) is 0 Å². The third kappa shape index (κ3) is 4.15. The normalized spacial score (nSPS) is 14.1. The van der Waals surface area contributed by atoms with Crippen LogP contribution in [0, 0.1) is 5.82 Å². The van der Waals surface area contributed by atoms with Crippen molar-refractivity contribution in [1.29, 1.82) is 0 Å². The lowest BCUT2D eigenvalue weighted by molar-refractivity contribution is -0.120. The smallest absolute Gasteiger partial charge is 0.229 e. The molecule has 1 amide bonds. The molecule has 1 aromatic carbocycles. The maximum Gasteiger partial charge on any atom is 0.229 e. The molecule has 0 saturated heterocycles. The van der Waals surface area contributed by atoms with Gasteiger partial charge in [-0.05, 0) is 57.5 Å². The van der Waals surface area contributed by atoms with Gasteiger partial charge in [-0.1, -0.05) is 23.7 Å². The predicted molar refractivity (Wildman–Crippen MR) is 107 cm³/mol. The number of nitrogens with zero attached hydrogens (tertiary/aromatic N) is 3. The molecule has 2 aromatic heterocycles. The van der Waals surface area contributed by atoms with Crippen molar-refractivity contribution in [2.75, 3.05) is 5.32 Å². The van der Waals surface area contributed by atoms with Crippen LogP contribution >= 0.6 is 11.6 Å². The van der Waals surface area contributed by atoms with E-state index in [-0.39, 0.29) is 6.42 Å². The van der Waals surface area contributed by atoms with Crippen molar-refractivity contribution in [2.45, 2.75) is 45.3 Å². The van der Waals surface area contributed by atoms with E-state index in [9.17, 15) is 14.3 Å². The molecule has 0 saturated carbocycles. The first-order valence-electron chi connectivity index (χ1n) is 8.81. The Balaban J connectivity index is 1.91. The van der Waals surface area contributed by atoms with Gasteiger partial charge in [0.2, 0.25) is 11.9 Å². The number of fused-ring (bicyclic) bond motifs is 1. The number of aliphatic hydroxyl groups is 1. The molecule has 2 N–H and O–H groups in total. The van der Waals surface area contributed by atoms with Crippen LogP contribution in [0.1, 0.15) is 39.7 Å². The number of benzene rings is 1. The zero-order valence-corrected chi connectivity index (χ0v) is 16.9. The van der Waals surface area contributed by atoms with Gasteiger partial charge in [0.25, 0.3) is 0 Å². The van der Waals surface area contributed by atoms with Gasteiger partial charge in [-0.15, -0.1) is 0 Å². The van der Waals surface area contributed by atoms with E-state index in [2.05, 4.69) is 15.3 Å². The SMILES string of the molecule is CC(O)(CC(=O)Nc1nc2ccc(Cl)nc2n1C(C)(C)C)c1cccc(F)c1. The molecular weight excluding hydrogens is 383 g/mol. The van der Waals surface area contributed by atoms with Gasteiger partial charge in [0.1, 0.15) is 16.5 Å². The largest absolute Gasteiger partial charge is 0.385 e. The van der Waals surface area contributed by atoms with E-state index in [1.807, 2.05) is 20.8 Å². The molecule has 2 heterocycles. The standard InChI is InChI=1S/C20H22ClFN4O2/c1-19(2,3)26-17-14(8-9-15(21)24-17)23-18(26)25-16(27)11-20(4,28)12-6-5-7-13(22)10-12/h5-10,28H,11H2,1-4H3,(H,23,25,27). The molecule has 0 aliphatic carbocycles. The summed E-state index contributed by atoms with van der Waals surface area (Å²) >= 11 is 6.02.